The zero-order chi connectivity index (χ0) is 18.3. The van der Waals surface area contributed by atoms with Gasteiger partial charge in [-0.25, -0.2) is 8.78 Å². The van der Waals surface area contributed by atoms with Crippen molar-refractivity contribution in [3.8, 4) is 12.1 Å². The average molecular weight is 324 g/mol. The van der Waals surface area contributed by atoms with Crippen LogP contribution in [0.15, 0.2) is 30.8 Å². The Labute approximate surface area is 139 Å². The van der Waals surface area contributed by atoms with Crippen LogP contribution in [0.25, 0.3) is 6.08 Å². The lowest BCUT2D eigenvalue weighted by Gasteiger charge is -2.01. The van der Waals surface area contributed by atoms with Gasteiger partial charge in [-0.2, -0.15) is 10.5 Å². The fourth-order valence-corrected chi connectivity index (χ4v) is 2.05. The molecule has 0 spiro atoms. The van der Waals surface area contributed by atoms with E-state index >= 15 is 0 Å². The quantitative estimate of drug-likeness (QED) is 0.766. The molecule has 3 nitrogen and oxygen atoms in total. The summed E-state index contributed by atoms with van der Waals surface area (Å²) in [5.74, 6) is -1.02. The Morgan fingerprint density at radius 3 is 1.62 bits per heavy atom. The van der Waals surface area contributed by atoms with Gasteiger partial charge in [-0.05, 0) is 49.2 Å². The van der Waals surface area contributed by atoms with Crippen LogP contribution in [0.1, 0.15) is 38.2 Å². The second kappa shape index (κ2) is 8.36. The molecule has 2 aromatic rings. The zero-order valence-electron chi connectivity index (χ0n) is 13.2. The standard InChI is InChI=1S/C10H8FN.C9H6FNO/c1-3-9-7(2)4-8(6-12)5-10(9)11;1-6-2-7(4-11)3-9(10)8(6)5-12/h3-5H,1H2,2H3;2-3,5H,1H3. The lowest BCUT2D eigenvalue weighted by molar-refractivity contribution is 0.111. The number of hydrogen-bond donors (Lipinski definition) is 0. The first kappa shape index (κ1) is 18.7. The SMILES string of the molecule is C=Cc1c(C)cc(C#N)cc1F.Cc1cc(C#N)cc(F)c1C=O. The van der Waals surface area contributed by atoms with Gasteiger partial charge in [-0.15, -0.1) is 0 Å². The van der Waals surface area contributed by atoms with Crippen LogP contribution in [-0.2, 0) is 0 Å². The largest absolute Gasteiger partial charge is 0.298 e. The van der Waals surface area contributed by atoms with Crippen molar-refractivity contribution in [2.45, 2.75) is 13.8 Å². The van der Waals surface area contributed by atoms with Crippen LogP contribution in [0.2, 0.25) is 0 Å². The molecule has 0 aromatic heterocycles. The number of rotatable bonds is 2. The van der Waals surface area contributed by atoms with E-state index in [1.807, 2.05) is 6.07 Å². The highest BCUT2D eigenvalue weighted by atomic mass is 19.1. The molecule has 0 saturated heterocycles. The molecular weight excluding hydrogens is 310 g/mol. The number of nitrogens with zero attached hydrogens (tertiary/aromatic N) is 2. The lowest BCUT2D eigenvalue weighted by Crippen LogP contribution is -1.93. The highest BCUT2D eigenvalue weighted by Gasteiger charge is 2.06. The Kier molecular flexibility index (Phi) is 6.52. The molecule has 2 aromatic carbocycles. The van der Waals surface area contributed by atoms with Crippen molar-refractivity contribution in [3.05, 3.63) is 75.9 Å². The molecule has 0 radical (unpaired) electrons. The van der Waals surface area contributed by atoms with Gasteiger partial charge in [0.05, 0.1) is 28.8 Å². The Morgan fingerprint density at radius 2 is 1.33 bits per heavy atom. The highest BCUT2D eigenvalue weighted by Crippen LogP contribution is 2.16. The number of carbonyl (C=O) groups is 1. The molecule has 2 rings (SSSR count). The number of carbonyl (C=O) groups excluding carboxylic acids is 1. The fraction of sp³-hybridized carbons (Fsp3) is 0.105. The third-order valence-corrected chi connectivity index (χ3v) is 3.25. The van der Waals surface area contributed by atoms with E-state index in [0.29, 0.717) is 23.0 Å². The molecule has 0 heterocycles. The zero-order valence-corrected chi connectivity index (χ0v) is 13.2. The Hall–Kier alpha value is -3.31. The van der Waals surface area contributed by atoms with Crippen molar-refractivity contribution < 1.29 is 13.6 Å². The van der Waals surface area contributed by atoms with E-state index in [1.54, 1.807) is 26.0 Å². The molecule has 120 valence electrons. The molecule has 0 aliphatic heterocycles. The maximum absolute atomic E-state index is 13.1. The van der Waals surface area contributed by atoms with E-state index in [4.69, 9.17) is 10.5 Å². The Morgan fingerprint density at radius 1 is 0.917 bits per heavy atom. The van der Waals surface area contributed by atoms with Gasteiger partial charge in [-0.1, -0.05) is 12.7 Å². The summed E-state index contributed by atoms with van der Waals surface area (Å²) in [5.41, 5.74) is 2.29. The van der Waals surface area contributed by atoms with Crippen molar-refractivity contribution >= 4 is 12.4 Å². The monoisotopic (exact) mass is 324 g/mol. The lowest BCUT2D eigenvalue weighted by atomic mass is 10.1. The van der Waals surface area contributed by atoms with Crippen LogP contribution >= 0.6 is 0 Å². The first-order valence-electron chi connectivity index (χ1n) is 6.86. The van der Waals surface area contributed by atoms with Crippen LogP contribution < -0.4 is 0 Å². The minimum atomic E-state index is -0.637. The molecule has 0 saturated carbocycles. The molecule has 5 heteroatoms. The Bertz CT molecular complexity index is 754. The first-order chi connectivity index (χ1) is 11.4. The molecule has 0 bridgehead atoms. The summed E-state index contributed by atoms with van der Waals surface area (Å²) in [7, 11) is 0. The van der Waals surface area contributed by atoms with Crippen molar-refractivity contribution in [2.24, 2.45) is 0 Å². The van der Waals surface area contributed by atoms with Gasteiger partial charge < -0.3 is 0 Å². The summed E-state index contributed by atoms with van der Waals surface area (Å²) in [6.45, 7) is 6.83. The second-order valence-electron chi connectivity index (χ2n) is 4.92. The average Bonchev–Trinajstić information content (AvgIpc) is 2.54. The number of nitriles is 2. The van der Waals surface area contributed by atoms with Crippen molar-refractivity contribution in [2.75, 3.05) is 0 Å². The van der Waals surface area contributed by atoms with Crippen molar-refractivity contribution in [1.29, 1.82) is 10.5 Å². The molecule has 0 atom stereocenters. The van der Waals surface area contributed by atoms with Gasteiger partial charge in [0.25, 0.3) is 0 Å². The molecule has 24 heavy (non-hydrogen) atoms. The van der Waals surface area contributed by atoms with Gasteiger partial charge in [0.2, 0.25) is 0 Å². The predicted molar refractivity (Wildman–Crippen MR) is 87.2 cm³/mol. The van der Waals surface area contributed by atoms with Gasteiger partial charge >= 0.3 is 0 Å². The fourth-order valence-electron chi connectivity index (χ4n) is 2.05. The third-order valence-electron chi connectivity index (χ3n) is 3.25. The van der Waals surface area contributed by atoms with Gasteiger partial charge in [0, 0.05) is 5.56 Å². The Balaban J connectivity index is 0.000000240. The summed E-state index contributed by atoms with van der Waals surface area (Å²) in [6, 6.07) is 9.07. The first-order valence-corrected chi connectivity index (χ1v) is 6.86. The summed E-state index contributed by atoms with van der Waals surface area (Å²) >= 11 is 0. The van der Waals surface area contributed by atoms with Gasteiger partial charge in [0.1, 0.15) is 11.6 Å². The number of hydrogen-bond acceptors (Lipinski definition) is 3. The van der Waals surface area contributed by atoms with Gasteiger partial charge in [0.15, 0.2) is 6.29 Å². The minimum absolute atomic E-state index is 0.0222. The number of halogens is 2. The van der Waals surface area contributed by atoms with Crippen LogP contribution in [-0.4, -0.2) is 6.29 Å². The summed E-state index contributed by atoms with van der Waals surface area (Å²) in [6.07, 6.45) is 1.90. The van der Waals surface area contributed by atoms with Crippen molar-refractivity contribution in [3.63, 3.8) is 0 Å². The maximum Gasteiger partial charge on any atom is 0.153 e. The molecule has 0 N–H and O–H groups in total. The van der Waals surface area contributed by atoms with E-state index in [0.717, 1.165) is 11.6 Å². The maximum atomic E-state index is 13.1. The topological polar surface area (TPSA) is 64.7 Å². The van der Waals surface area contributed by atoms with Crippen LogP contribution in [0, 0.1) is 48.1 Å². The minimum Gasteiger partial charge on any atom is -0.298 e. The van der Waals surface area contributed by atoms with Crippen LogP contribution in [0.3, 0.4) is 0 Å². The van der Waals surface area contributed by atoms with Crippen molar-refractivity contribution in [1.82, 2.24) is 0 Å². The predicted octanol–water partition coefficient (Wildman–Crippen LogP) is 4.47. The summed E-state index contributed by atoms with van der Waals surface area (Å²) < 4.78 is 26.0. The number of aryl methyl sites for hydroxylation is 2. The smallest absolute Gasteiger partial charge is 0.153 e. The van der Waals surface area contributed by atoms with Crippen LogP contribution in [0.5, 0.6) is 0 Å². The van der Waals surface area contributed by atoms with Gasteiger partial charge in [-0.3, -0.25) is 4.79 Å². The van der Waals surface area contributed by atoms with E-state index in [9.17, 15) is 13.6 Å². The van der Waals surface area contributed by atoms with Crippen LogP contribution in [0.4, 0.5) is 8.78 Å². The van der Waals surface area contributed by atoms with E-state index in [2.05, 4.69) is 6.58 Å². The normalized spacial score (nSPS) is 9.08. The third kappa shape index (κ3) is 4.34. The second-order valence-corrected chi connectivity index (χ2v) is 4.92. The number of aldehydes is 1. The highest BCUT2D eigenvalue weighted by molar-refractivity contribution is 5.78. The molecule has 0 amide bonds. The summed E-state index contributed by atoms with van der Waals surface area (Å²) in [4.78, 5) is 10.3. The van der Waals surface area contributed by atoms with E-state index in [-0.39, 0.29) is 16.9 Å². The molecule has 0 aliphatic rings. The number of benzene rings is 2. The molecule has 0 unspecified atom stereocenters. The molecule has 0 fully saturated rings. The summed E-state index contributed by atoms with van der Waals surface area (Å²) in [5, 5.41) is 17.0. The van der Waals surface area contributed by atoms with E-state index in [1.165, 1.54) is 18.2 Å². The van der Waals surface area contributed by atoms with E-state index < -0.39 is 5.82 Å². The molecular formula is C19H14F2N2O. The molecule has 0 aliphatic carbocycles.